The molecule has 0 heterocycles. The summed E-state index contributed by atoms with van der Waals surface area (Å²) in [5.41, 5.74) is 10.2. The minimum Gasteiger partial charge on any atom is -0.465 e. The van der Waals surface area contributed by atoms with E-state index >= 15 is 0 Å². The van der Waals surface area contributed by atoms with Crippen molar-refractivity contribution in [3.05, 3.63) is 0 Å². The van der Waals surface area contributed by atoms with Gasteiger partial charge < -0.3 is 26.8 Å². The van der Waals surface area contributed by atoms with Gasteiger partial charge in [-0.15, -0.1) is 0 Å². The van der Waals surface area contributed by atoms with E-state index in [2.05, 4.69) is 5.32 Å². The van der Waals surface area contributed by atoms with Crippen molar-refractivity contribution >= 4 is 6.09 Å². The summed E-state index contributed by atoms with van der Waals surface area (Å²) in [5.74, 6) is 0. The van der Waals surface area contributed by atoms with Crippen LogP contribution in [0.25, 0.3) is 0 Å². The molecule has 8 heteroatoms. The van der Waals surface area contributed by atoms with Crippen molar-refractivity contribution in [1.29, 1.82) is 0 Å². The highest BCUT2D eigenvalue weighted by molar-refractivity contribution is 5.64. The Bertz CT molecular complexity index is 248. The number of hydrogen-bond acceptors (Lipinski definition) is 4. The molecule has 21 heavy (non-hydrogen) atoms. The Morgan fingerprint density at radius 1 is 1.19 bits per heavy atom. The summed E-state index contributed by atoms with van der Waals surface area (Å²) in [6, 6.07) is 0. The number of hydrogen-bond donors (Lipinski definition) is 4. The first-order valence-electron chi connectivity index (χ1n) is 7.38. The maximum Gasteiger partial charge on any atom is 0.407 e. The molecule has 6 nitrogen and oxygen atoms in total. The van der Waals surface area contributed by atoms with Gasteiger partial charge in [0.1, 0.15) is 12.3 Å². The molecule has 0 aromatic rings. The van der Waals surface area contributed by atoms with E-state index in [0.29, 0.717) is 19.4 Å². The fourth-order valence-electron chi connectivity index (χ4n) is 1.47. The summed E-state index contributed by atoms with van der Waals surface area (Å²) < 4.78 is 25.7. The summed E-state index contributed by atoms with van der Waals surface area (Å²) in [5, 5.41) is 11.7. The van der Waals surface area contributed by atoms with Crippen LogP contribution in [0.2, 0.25) is 0 Å². The average molecular weight is 312 g/mol. The van der Waals surface area contributed by atoms with Crippen molar-refractivity contribution in [3.63, 3.8) is 0 Å². The van der Waals surface area contributed by atoms with E-state index in [9.17, 15) is 13.6 Å². The summed E-state index contributed by atoms with van der Waals surface area (Å²) in [4.78, 5) is 11.8. The van der Waals surface area contributed by atoms with E-state index in [4.69, 9.17) is 16.6 Å². The van der Waals surface area contributed by atoms with Crippen molar-refractivity contribution in [1.82, 2.24) is 10.2 Å². The molecule has 2 atom stereocenters. The number of unbranched alkanes of at least 4 members (excludes halogenated alkanes) is 1. The van der Waals surface area contributed by atoms with E-state index in [-0.39, 0.29) is 32.7 Å². The summed E-state index contributed by atoms with van der Waals surface area (Å²) in [6.45, 7) is 4.59. The molecule has 1 amide bonds. The van der Waals surface area contributed by atoms with Gasteiger partial charge in [0.2, 0.25) is 0 Å². The monoisotopic (exact) mass is 312 g/mol. The van der Waals surface area contributed by atoms with Crippen LogP contribution in [0.15, 0.2) is 0 Å². The Hall–Kier alpha value is -0.990. The number of carbonyl (C=O) groups is 1. The standard InChI is InChI=1S/C11H24F2N4O2.C2H6/c12-9(5-14)7-16-3-1-2-4-17(11(18)19)8-10(13)6-15;1-2/h9-10,16H,1-8,14-15H2,(H,18,19);1-2H3. The van der Waals surface area contributed by atoms with E-state index in [0.717, 1.165) is 4.90 Å². The predicted octanol–water partition coefficient (Wildman–Crippen LogP) is 0.956. The second-order valence-corrected chi connectivity index (χ2v) is 4.31. The van der Waals surface area contributed by atoms with Crippen LogP contribution in [0.5, 0.6) is 0 Å². The Balaban J connectivity index is 0. The molecule has 0 aromatic heterocycles. The summed E-state index contributed by atoms with van der Waals surface area (Å²) in [7, 11) is 0. The van der Waals surface area contributed by atoms with Crippen LogP contribution in [0.1, 0.15) is 26.7 Å². The molecule has 0 aromatic carbocycles. The van der Waals surface area contributed by atoms with Gasteiger partial charge in [-0.1, -0.05) is 13.8 Å². The second-order valence-electron chi connectivity index (χ2n) is 4.31. The van der Waals surface area contributed by atoms with Crippen LogP contribution in [0.3, 0.4) is 0 Å². The molecule has 0 aliphatic heterocycles. The van der Waals surface area contributed by atoms with Gasteiger partial charge in [-0.3, -0.25) is 0 Å². The largest absolute Gasteiger partial charge is 0.465 e. The van der Waals surface area contributed by atoms with Crippen LogP contribution >= 0.6 is 0 Å². The fourth-order valence-corrected chi connectivity index (χ4v) is 1.47. The highest BCUT2D eigenvalue weighted by atomic mass is 19.1. The highest BCUT2D eigenvalue weighted by Gasteiger charge is 2.16. The Kier molecular flexibility index (Phi) is 16.3. The SMILES string of the molecule is CC.NCC(F)CNCCCCN(CC(F)CN)C(=O)O. The molecule has 128 valence electrons. The molecule has 0 saturated carbocycles. The lowest BCUT2D eigenvalue weighted by Gasteiger charge is -2.20. The molecule has 6 N–H and O–H groups in total. The molecule has 0 bridgehead atoms. The van der Waals surface area contributed by atoms with Gasteiger partial charge in [0.25, 0.3) is 0 Å². The zero-order valence-electron chi connectivity index (χ0n) is 13.0. The molecule has 0 fully saturated rings. The number of alkyl halides is 2. The third-order valence-corrected chi connectivity index (χ3v) is 2.60. The van der Waals surface area contributed by atoms with E-state index in [1.807, 2.05) is 13.8 Å². The minimum atomic E-state index is -1.34. The molecule has 2 unspecified atom stereocenters. The van der Waals surface area contributed by atoms with E-state index < -0.39 is 18.4 Å². The number of nitrogens with zero attached hydrogens (tertiary/aromatic N) is 1. The molecule has 0 aliphatic carbocycles. The lowest BCUT2D eigenvalue weighted by Crippen LogP contribution is -2.38. The fraction of sp³-hybridized carbons (Fsp3) is 0.923. The van der Waals surface area contributed by atoms with Crippen LogP contribution in [-0.2, 0) is 0 Å². The number of nitrogens with one attached hydrogen (secondary N) is 1. The maximum absolute atomic E-state index is 13.0. The number of rotatable bonds is 11. The number of halogens is 2. The van der Waals surface area contributed by atoms with Gasteiger partial charge >= 0.3 is 6.09 Å². The number of amides is 1. The molecular formula is C13H30F2N4O2. The molecule has 0 rings (SSSR count). The van der Waals surface area contributed by atoms with Crippen LogP contribution in [0, 0.1) is 0 Å². The third kappa shape index (κ3) is 13.7. The van der Waals surface area contributed by atoms with Gasteiger partial charge in [0.05, 0.1) is 6.54 Å². The topological polar surface area (TPSA) is 105 Å². The van der Waals surface area contributed by atoms with E-state index in [1.54, 1.807) is 0 Å². The zero-order chi connectivity index (χ0) is 16.7. The Morgan fingerprint density at radius 3 is 2.24 bits per heavy atom. The van der Waals surface area contributed by atoms with Crippen molar-refractivity contribution in [2.24, 2.45) is 11.5 Å². The first-order chi connectivity index (χ1) is 10.0. The Labute approximate surface area is 125 Å². The lowest BCUT2D eigenvalue weighted by molar-refractivity contribution is 0.129. The number of nitrogens with two attached hydrogens (primary N) is 2. The van der Waals surface area contributed by atoms with Gasteiger partial charge in [-0.25, -0.2) is 13.6 Å². The first kappa shape index (κ1) is 22.3. The second kappa shape index (κ2) is 15.4. The molecular weight excluding hydrogens is 282 g/mol. The zero-order valence-corrected chi connectivity index (χ0v) is 13.0. The van der Waals surface area contributed by atoms with Gasteiger partial charge in [0.15, 0.2) is 0 Å². The van der Waals surface area contributed by atoms with Crippen molar-refractivity contribution in [2.75, 3.05) is 39.3 Å². The summed E-state index contributed by atoms with van der Waals surface area (Å²) in [6.07, 6.45) is -2.30. The van der Waals surface area contributed by atoms with Crippen molar-refractivity contribution < 1.29 is 18.7 Å². The molecule has 0 spiro atoms. The predicted molar refractivity (Wildman–Crippen MR) is 81.0 cm³/mol. The van der Waals surface area contributed by atoms with Crippen LogP contribution < -0.4 is 16.8 Å². The third-order valence-electron chi connectivity index (χ3n) is 2.60. The lowest BCUT2D eigenvalue weighted by atomic mass is 10.2. The molecule has 0 radical (unpaired) electrons. The normalized spacial score (nSPS) is 13.0. The van der Waals surface area contributed by atoms with Gasteiger partial charge in [0, 0.05) is 26.2 Å². The van der Waals surface area contributed by atoms with E-state index in [1.165, 1.54) is 0 Å². The number of carboxylic acid groups (broad SMARTS) is 1. The van der Waals surface area contributed by atoms with Gasteiger partial charge in [-0.05, 0) is 19.4 Å². The first-order valence-corrected chi connectivity index (χ1v) is 7.38. The molecule has 0 aliphatic rings. The average Bonchev–Trinajstić information content (AvgIpc) is 2.50. The smallest absolute Gasteiger partial charge is 0.407 e. The highest BCUT2D eigenvalue weighted by Crippen LogP contribution is 2.00. The minimum absolute atomic E-state index is 0.0171. The molecule has 0 saturated heterocycles. The summed E-state index contributed by atoms with van der Waals surface area (Å²) >= 11 is 0. The van der Waals surface area contributed by atoms with Crippen molar-refractivity contribution in [2.45, 2.75) is 39.0 Å². The maximum atomic E-state index is 13.0. The quantitative estimate of drug-likeness (QED) is 0.425. The van der Waals surface area contributed by atoms with Crippen LogP contribution in [0.4, 0.5) is 13.6 Å². The van der Waals surface area contributed by atoms with Gasteiger partial charge in [-0.2, -0.15) is 0 Å². The van der Waals surface area contributed by atoms with Crippen molar-refractivity contribution in [3.8, 4) is 0 Å². The van der Waals surface area contributed by atoms with Crippen LogP contribution in [-0.4, -0.2) is 67.7 Å². The Morgan fingerprint density at radius 2 is 1.76 bits per heavy atom.